The van der Waals surface area contributed by atoms with E-state index in [0.29, 0.717) is 17.7 Å². The zero-order chi connectivity index (χ0) is 23.0. The third-order valence-electron chi connectivity index (χ3n) is 4.72. The third kappa shape index (κ3) is 8.48. The first-order chi connectivity index (χ1) is 15.1. The topological polar surface area (TPSA) is 61.8 Å². The van der Waals surface area contributed by atoms with Gasteiger partial charge in [-0.05, 0) is 6.42 Å². The molecule has 0 bridgehead atoms. The molecule has 5 heteroatoms. The smallest absolute Gasteiger partial charge is 0.330 e. The standard InChI is InChI=1S/C16H16O3.C10H18O2/c1-18-16(19-2,14-11-7-4-8-12-14)15(17)13-9-5-3-6-10-13;1-3-5-6-7-8-9-12-10(11)4-2/h3-12H,1-2H3;4H,2-3,5-9H2,1H3. The third-order valence-corrected chi connectivity index (χ3v) is 4.72. The van der Waals surface area contributed by atoms with Crippen LogP contribution in [0.25, 0.3) is 0 Å². The van der Waals surface area contributed by atoms with Gasteiger partial charge in [0.25, 0.3) is 5.79 Å². The maximum absolute atomic E-state index is 12.7. The molecular formula is C26H34O5. The van der Waals surface area contributed by atoms with Gasteiger partial charge in [-0.1, -0.05) is 99.8 Å². The number of hydrogen-bond acceptors (Lipinski definition) is 5. The van der Waals surface area contributed by atoms with Crippen molar-refractivity contribution in [1.82, 2.24) is 0 Å². The van der Waals surface area contributed by atoms with Crippen LogP contribution >= 0.6 is 0 Å². The molecule has 0 aliphatic carbocycles. The van der Waals surface area contributed by atoms with E-state index in [-0.39, 0.29) is 11.8 Å². The molecule has 2 aromatic carbocycles. The zero-order valence-corrected chi connectivity index (χ0v) is 18.8. The van der Waals surface area contributed by atoms with Gasteiger partial charge in [0.05, 0.1) is 6.61 Å². The summed E-state index contributed by atoms with van der Waals surface area (Å²) in [6, 6.07) is 18.2. The number of esters is 1. The number of rotatable bonds is 12. The summed E-state index contributed by atoms with van der Waals surface area (Å²) in [6.45, 7) is 6.03. The molecule has 0 fully saturated rings. The highest BCUT2D eigenvalue weighted by Crippen LogP contribution is 2.30. The summed E-state index contributed by atoms with van der Waals surface area (Å²) in [5.41, 5.74) is 1.23. The van der Waals surface area contributed by atoms with Crippen molar-refractivity contribution in [3.63, 3.8) is 0 Å². The Balaban J connectivity index is 0.000000348. The van der Waals surface area contributed by atoms with Crippen LogP contribution in [0, 0.1) is 0 Å². The Kier molecular flexibility index (Phi) is 12.8. The van der Waals surface area contributed by atoms with Crippen LogP contribution < -0.4 is 0 Å². The first kappa shape index (κ1) is 26.3. The van der Waals surface area contributed by atoms with Gasteiger partial charge in [-0.25, -0.2) is 4.79 Å². The van der Waals surface area contributed by atoms with Gasteiger partial charge < -0.3 is 14.2 Å². The summed E-state index contributed by atoms with van der Waals surface area (Å²) in [4.78, 5) is 23.2. The van der Waals surface area contributed by atoms with E-state index < -0.39 is 5.79 Å². The van der Waals surface area contributed by atoms with Crippen LogP contribution in [0.1, 0.15) is 54.9 Å². The summed E-state index contributed by atoms with van der Waals surface area (Å²) >= 11 is 0. The van der Waals surface area contributed by atoms with Crippen molar-refractivity contribution >= 4 is 11.8 Å². The van der Waals surface area contributed by atoms with Gasteiger partial charge in [-0.2, -0.15) is 0 Å². The van der Waals surface area contributed by atoms with E-state index in [1.165, 1.54) is 39.6 Å². The molecule has 0 aliphatic heterocycles. The van der Waals surface area contributed by atoms with Crippen LogP contribution in [0.3, 0.4) is 0 Å². The van der Waals surface area contributed by atoms with E-state index in [0.717, 1.165) is 12.8 Å². The Bertz CT molecular complexity index is 767. The average Bonchev–Trinajstić information content (AvgIpc) is 2.84. The Hall–Kier alpha value is -2.76. The lowest BCUT2D eigenvalue weighted by Crippen LogP contribution is -2.39. The number of carbonyl (C=O) groups is 2. The van der Waals surface area contributed by atoms with Crippen LogP contribution in [-0.4, -0.2) is 32.6 Å². The fourth-order valence-electron chi connectivity index (χ4n) is 3.01. The van der Waals surface area contributed by atoms with Gasteiger partial charge >= 0.3 is 5.97 Å². The Morgan fingerprint density at radius 3 is 1.94 bits per heavy atom. The molecule has 0 heterocycles. The second-order valence-corrected chi connectivity index (χ2v) is 6.87. The normalized spacial score (nSPS) is 10.5. The number of ketones is 1. The van der Waals surface area contributed by atoms with Gasteiger partial charge in [-0.15, -0.1) is 0 Å². The lowest BCUT2D eigenvalue weighted by atomic mass is 9.96. The lowest BCUT2D eigenvalue weighted by Gasteiger charge is -2.29. The van der Waals surface area contributed by atoms with Crippen LogP contribution in [0.15, 0.2) is 73.3 Å². The molecule has 0 unspecified atom stereocenters. The van der Waals surface area contributed by atoms with Gasteiger partial charge in [0, 0.05) is 31.4 Å². The molecule has 2 rings (SSSR count). The molecule has 0 saturated carbocycles. The number of benzene rings is 2. The molecule has 0 aromatic heterocycles. The van der Waals surface area contributed by atoms with E-state index >= 15 is 0 Å². The molecule has 2 aromatic rings. The molecule has 0 aliphatic rings. The van der Waals surface area contributed by atoms with Crippen LogP contribution in [0.4, 0.5) is 0 Å². The highest BCUT2D eigenvalue weighted by molar-refractivity contribution is 6.02. The fraction of sp³-hybridized carbons (Fsp3) is 0.385. The number of ether oxygens (including phenoxy) is 3. The van der Waals surface area contributed by atoms with Crippen LogP contribution in [-0.2, 0) is 24.8 Å². The van der Waals surface area contributed by atoms with Gasteiger partial charge in [0.15, 0.2) is 0 Å². The van der Waals surface area contributed by atoms with E-state index in [9.17, 15) is 9.59 Å². The van der Waals surface area contributed by atoms with Crippen molar-refractivity contribution < 1.29 is 23.8 Å². The first-order valence-corrected chi connectivity index (χ1v) is 10.6. The highest BCUT2D eigenvalue weighted by atomic mass is 16.7. The first-order valence-electron chi connectivity index (χ1n) is 10.6. The summed E-state index contributed by atoms with van der Waals surface area (Å²) in [6.07, 6.45) is 7.08. The predicted molar refractivity (Wildman–Crippen MR) is 123 cm³/mol. The predicted octanol–water partition coefficient (Wildman–Crippen LogP) is 5.70. The molecule has 31 heavy (non-hydrogen) atoms. The molecular weight excluding hydrogens is 392 g/mol. The Morgan fingerprint density at radius 2 is 1.42 bits per heavy atom. The van der Waals surface area contributed by atoms with Crippen molar-refractivity contribution in [2.75, 3.05) is 20.8 Å². The molecule has 0 N–H and O–H groups in total. The minimum Gasteiger partial charge on any atom is -0.463 e. The SMILES string of the molecule is C=CC(=O)OCCCCCCC.COC(OC)(C(=O)c1ccccc1)c1ccccc1. The summed E-state index contributed by atoms with van der Waals surface area (Å²) < 4.78 is 15.6. The van der Waals surface area contributed by atoms with E-state index in [1.54, 1.807) is 12.1 Å². The summed E-state index contributed by atoms with van der Waals surface area (Å²) in [5.74, 6) is -1.93. The maximum Gasteiger partial charge on any atom is 0.330 e. The molecule has 0 spiro atoms. The van der Waals surface area contributed by atoms with E-state index in [2.05, 4.69) is 13.5 Å². The van der Waals surface area contributed by atoms with Crippen molar-refractivity contribution in [3.05, 3.63) is 84.4 Å². The van der Waals surface area contributed by atoms with Crippen molar-refractivity contribution in [1.29, 1.82) is 0 Å². The number of unbranched alkanes of at least 4 members (excludes halogenated alkanes) is 4. The number of hydrogen-bond donors (Lipinski definition) is 0. The monoisotopic (exact) mass is 426 g/mol. The molecule has 0 amide bonds. The molecule has 0 radical (unpaired) electrons. The summed E-state index contributed by atoms with van der Waals surface area (Å²) in [7, 11) is 2.94. The van der Waals surface area contributed by atoms with Gasteiger partial charge in [0.2, 0.25) is 5.78 Å². The maximum atomic E-state index is 12.7. The minimum absolute atomic E-state index is 0.218. The molecule has 168 valence electrons. The number of Topliss-reactive ketones (excluding diaryl/α,β-unsaturated/α-hetero) is 1. The second-order valence-electron chi connectivity index (χ2n) is 6.87. The fourth-order valence-corrected chi connectivity index (χ4v) is 3.01. The van der Waals surface area contributed by atoms with Crippen molar-refractivity contribution in [2.24, 2.45) is 0 Å². The Morgan fingerprint density at radius 1 is 0.871 bits per heavy atom. The van der Waals surface area contributed by atoms with Gasteiger partial charge in [-0.3, -0.25) is 4.79 Å². The largest absolute Gasteiger partial charge is 0.463 e. The average molecular weight is 427 g/mol. The zero-order valence-electron chi connectivity index (χ0n) is 18.8. The lowest BCUT2D eigenvalue weighted by molar-refractivity contribution is -0.176. The molecule has 0 saturated heterocycles. The molecule has 5 nitrogen and oxygen atoms in total. The van der Waals surface area contributed by atoms with Crippen LogP contribution in [0.2, 0.25) is 0 Å². The Labute approximate surface area is 186 Å². The number of carbonyl (C=O) groups excluding carboxylic acids is 2. The summed E-state index contributed by atoms with van der Waals surface area (Å²) in [5, 5.41) is 0. The number of methoxy groups -OCH3 is 2. The van der Waals surface area contributed by atoms with Crippen LogP contribution in [0.5, 0.6) is 0 Å². The minimum atomic E-state index is -1.40. The van der Waals surface area contributed by atoms with Gasteiger partial charge in [0.1, 0.15) is 0 Å². The van der Waals surface area contributed by atoms with E-state index in [4.69, 9.17) is 14.2 Å². The molecule has 0 atom stereocenters. The van der Waals surface area contributed by atoms with E-state index in [1.807, 2.05) is 48.5 Å². The second kappa shape index (κ2) is 15.1. The van der Waals surface area contributed by atoms with Crippen molar-refractivity contribution in [2.45, 2.75) is 44.8 Å². The highest BCUT2D eigenvalue weighted by Gasteiger charge is 2.41. The quantitative estimate of drug-likeness (QED) is 0.143. The van der Waals surface area contributed by atoms with Crippen molar-refractivity contribution in [3.8, 4) is 0 Å².